The minimum Gasteiger partial charge on any atom is -0.353 e. The summed E-state index contributed by atoms with van der Waals surface area (Å²) in [6.07, 6.45) is 6.18. The third-order valence-electron chi connectivity index (χ3n) is 6.71. The molecule has 1 fully saturated rings. The molecule has 1 aliphatic carbocycles. The van der Waals surface area contributed by atoms with Gasteiger partial charge in [0.2, 0.25) is 11.9 Å². The van der Waals surface area contributed by atoms with Crippen LogP contribution in [0.1, 0.15) is 47.9 Å². The number of benzene rings is 1. The van der Waals surface area contributed by atoms with Crippen molar-refractivity contribution in [1.29, 1.82) is 0 Å². The van der Waals surface area contributed by atoms with E-state index in [0.29, 0.717) is 0 Å². The normalized spacial score (nSPS) is 17.7. The molecule has 1 aromatic carbocycles. The molecule has 2 aromatic heterocycles. The van der Waals surface area contributed by atoms with Crippen molar-refractivity contribution in [2.75, 3.05) is 18.0 Å². The van der Waals surface area contributed by atoms with E-state index < -0.39 is 0 Å². The zero-order valence-electron chi connectivity index (χ0n) is 18.4. The van der Waals surface area contributed by atoms with E-state index in [1.165, 1.54) is 34.2 Å². The Morgan fingerprint density at radius 1 is 1.23 bits per heavy atom. The number of carbonyl (C=O) groups is 1. The number of amides is 1. The summed E-state index contributed by atoms with van der Waals surface area (Å²) in [5, 5.41) is 6.48. The van der Waals surface area contributed by atoms with Crippen LogP contribution >= 0.6 is 11.3 Å². The number of nitrogens with one attached hydrogen (secondary N) is 1. The number of piperidine rings is 1. The molecule has 0 saturated carbocycles. The molecular formula is C25H30N4OS. The van der Waals surface area contributed by atoms with Gasteiger partial charge in [-0.05, 0) is 80.7 Å². The van der Waals surface area contributed by atoms with Crippen LogP contribution in [0.25, 0.3) is 10.9 Å². The van der Waals surface area contributed by atoms with E-state index >= 15 is 0 Å². The van der Waals surface area contributed by atoms with E-state index in [2.05, 4.69) is 53.7 Å². The van der Waals surface area contributed by atoms with Gasteiger partial charge in [-0.2, -0.15) is 0 Å². The van der Waals surface area contributed by atoms with Crippen LogP contribution in [-0.4, -0.2) is 35.0 Å². The largest absolute Gasteiger partial charge is 0.353 e. The van der Waals surface area contributed by atoms with Crippen LogP contribution < -0.4 is 10.2 Å². The summed E-state index contributed by atoms with van der Waals surface area (Å²) in [5.74, 6) is 1.08. The van der Waals surface area contributed by atoms with Crippen LogP contribution in [0.5, 0.6) is 0 Å². The Bertz CT molecular complexity index is 1090. The first-order chi connectivity index (χ1) is 15.1. The molecule has 2 aliphatic rings. The van der Waals surface area contributed by atoms with Crippen LogP contribution in [0.2, 0.25) is 0 Å². The highest BCUT2D eigenvalue weighted by atomic mass is 32.1. The van der Waals surface area contributed by atoms with Gasteiger partial charge in [0, 0.05) is 41.7 Å². The Morgan fingerprint density at radius 3 is 2.74 bits per heavy atom. The highest BCUT2D eigenvalue weighted by Gasteiger charge is 2.27. The van der Waals surface area contributed by atoms with Crippen molar-refractivity contribution in [3.05, 3.63) is 51.3 Å². The minimum absolute atomic E-state index is 0.0758. The van der Waals surface area contributed by atoms with E-state index in [4.69, 9.17) is 9.97 Å². The van der Waals surface area contributed by atoms with E-state index in [9.17, 15) is 4.79 Å². The van der Waals surface area contributed by atoms with Gasteiger partial charge in [-0.15, -0.1) is 11.3 Å². The zero-order valence-corrected chi connectivity index (χ0v) is 19.2. The molecule has 3 aromatic rings. The molecule has 3 heterocycles. The maximum Gasteiger partial charge on any atom is 0.226 e. The second-order valence-corrected chi connectivity index (χ2v) is 10.1. The minimum atomic E-state index is 0.0758. The Balaban J connectivity index is 1.22. The monoisotopic (exact) mass is 434 g/mol. The number of hydrogen-bond acceptors (Lipinski definition) is 5. The first-order valence-corrected chi connectivity index (χ1v) is 12.3. The van der Waals surface area contributed by atoms with Gasteiger partial charge in [-0.3, -0.25) is 4.79 Å². The number of anilines is 1. The van der Waals surface area contributed by atoms with Gasteiger partial charge in [-0.1, -0.05) is 6.07 Å². The van der Waals surface area contributed by atoms with E-state index in [0.717, 1.165) is 55.9 Å². The first-order valence-electron chi connectivity index (χ1n) is 11.4. The summed E-state index contributed by atoms with van der Waals surface area (Å²) in [6, 6.07) is 8.92. The summed E-state index contributed by atoms with van der Waals surface area (Å²) >= 11 is 1.75. The van der Waals surface area contributed by atoms with Gasteiger partial charge in [0.1, 0.15) is 0 Å². The van der Waals surface area contributed by atoms with Crippen LogP contribution in [-0.2, 0) is 24.1 Å². The third-order valence-corrected chi connectivity index (χ3v) is 7.61. The number of aryl methyl sites for hydroxylation is 3. The summed E-state index contributed by atoms with van der Waals surface area (Å²) in [7, 11) is 0. The lowest BCUT2D eigenvalue weighted by atomic mass is 9.95. The number of hydrogen-bond donors (Lipinski definition) is 1. The second kappa shape index (κ2) is 8.58. The fourth-order valence-corrected chi connectivity index (χ4v) is 5.80. The molecule has 31 heavy (non-hydrogen) atoms. The smallest absolute Gasteiger partial charge is 0.226 e. The van der Waals surface area contributed by atoms with Gasteiger partial charge in [0.15, 0.2) is 0 Å². The molecule has 6 heteroatoms. The number of carbonyl (C=O) groups excluding carboxylic acids is 1. The summed E-state index contributed by atoms with van der Waals surface area (Å²) in [5.41, 5.74) is 5.03. The van der Waals surface area contributed by atoms with Crippen molar-refractivity contribution in [1.82, 2.24) is 15.3 Å². The van der Waals surface area contributed by atoms with Crippen molar-refractivity contribution in [3.8, 4) is 0 Å². The Morgan fingerprint density at radius 2 is 2.00 bits per heavy atom. The van der Waals surface area contributed by atoms with Gasteiger partial charge in [-0.25, -0.2) is 9.97 Å². The molecule has 1 saturated heterocycles. The average Bonchev–Trinajstić information content (AvgIpc) is 3.44. The fraction of sp³-hybridized carbons (Fsp3) is 0.480. The predicted octanol–water partition coefficient (Wildman–Crippen LogP) is 4.45. The highest BCUT2D eigenvalue weighted by Crippen LogP contribution is 2.30. The summed E-state index contributed by atoms with van der Waals surface area (Å²) in [4.78, 5) is 26.1. The lowest BCUT2D eigenvalue weighted by Gasteiger charge is -2.32. The Labute approximate surface area is 187 Å². The maximum atomic E-state index is 12.8. The number of aromatic nitrogens is 2. The molecule has 0 unspecified atom stereocenters. The Kier molecular flexibility index (Phi) is 5.65. The van der Waals surface area contributed by atoms with Crippen molar-refractivity contribution in [2.45, 2.75) is 58.4 Å². The highest BCUT2D eigenvalue weighted by molar-refractivity contribution is 7.09. The fourth-order valence-electron chi connectivity index (χ4n) is 4.96. The first kappa shape index (κ1) is 20.4. The topological polar surface area (TPSA) is 58.1 Å². The SMILES string of the molecule is Cc1nc(N2CCC(C(=O)N[C@H](C)Cc3cccs3)CC2)nc2cc3c(cc12)CCC3. The molecule has 0 spiro atoms. The predicted molar refractivity (Wildman–Crippen MR) is 127 cm³/mol. The average molecular weight is 435 g/mol. The van der Waals surface area contributed by atoms with Crippen molar-refractivity contribution in [2.24, 2.45) is 5.92 Å². The summed E-state index contributed by atoms with van der Waals surface area (Å²) < 4.78 is 0. The molecule has 5 nitrogen and oxygen atoms in total. The van der Waals surface area contributed by atoms with Gasteiger partial charge >= 0.3 is 0 Å². The van der Waals surface area contributed by atoms with Crippen LogP contribution in [0.3, 0.4) is 0 Å². The van der Waals surface area contributed by atoms with Gasteiger partial charge < -0.3 is 10.2 Å². The maximum absolute atomic E-state index is 12.8. The van der Waals surface area contributed by atoms with Crippen LogP contribution in [0, 0.1) is 12.8 Å². The standard InChI is InChI=1S/C25H30N4OS/c1-16(13-21-7-4-12-31-21)26-24(30)18-8-10-29(11-9-18)25-27-17(2)22-14-19-5-3-6-20(19)15-23(22)28-25/h4,7,12,14-16,18H,3,5-6,8-11,13H2,1-2H3,(H,26,30)/t16-/m1/s1. The molecule has 0 radical (unpaired) electrons. The molecule has 0 bridgehead atoms. The second-order valence-electron chi connectivity index (χ2n) is 9.06. The number of nitrogens with zero attached hydrogens (tertiary/aromatic N) is 3. The van der Waals surface area contributed by atoms with E-state index in [1.807, 2.05) is 0 Å². The van der Waals surface area contributed by atoms with Crippen molar-refractivity contribution < 1.29 is 4.79 Å². The Hall–Kier alpha value is -2.47. The molecule has 1 atom stereocenters. The molecule has 1 N–H and O–H groups in total. The molecule has 1 aliphatic heterocycles. The molecule has 162 valence electrons. The number of fused-ring (bicyclic) bond motifs is 2. The van der Waals surface area contributed by atoms with Crippen LogP contribution in [0.15, 0.2) is 29.6 Å². The van der Waals surface area contributed by atoms with Gasteiger partial charge in [0.25, 0.3) is 0 Å². The van der Waals surface area contributed by atoms with Crippen molar-refractivity contribution in [3.63, 3.8) is 0 Å². The molecule has 1 amide bonds. The molecular weight excluding hydrogens is 404 g/mol. The lowest BCUT2D eigenvalue weighted by Crippen LogP contribution is -2.44. The lowest BCUT2D eigenvalue weighted by molar-refractivity contribution is -0.126. The van der Waals surface area contributed by atoms with E-state index in [-0.39, 0.29) is 17.9 Å². The third kappa shape index (κ3) is 4.31. The zero-order chi connectivity index (χ0) is 21.4. The molecule has 5 rings (SSSR count). The number of rotatable bonds is 5. The number of thiophene rings is 1. The van der Waals surface area contributed by atoms with Crippen LogP contribution in [0.4, 0.5) is 5.95 Å². The van der Waals surface area contributed by atoms with Gasteiger partial charge in [0.05, 0.1) is 11.2 Å². The summed E-state index contributed by atoms with van der Waals surface area (Å²) in [6.45, 7) is 5.83. The van der Waals surface area contributed by atoms with Crippen molar-refractivity contribution >= 4 is 34.1 Å². The van der Waals surface area contributed by atoms with E-state index in [1.54, 1.807) is 11.3 Å². The quantitative estimate of drug-likeness (QED) is 0.644.